The number of amides is 1. The van der Waals surface area contributed by atoms with Crippen LogP contribution < -0.4 is 5.73 Å². The molecule has 0 bridgehead atoms. The SMILES string of the molecule is CCN(CCC(N)=NO)C(=O)c1ccc(Cl)cn1. The number of aromatic nitrogens is 1. The topological polar surface area (TPSA) is 91.8 Å². The lowest BCUT2D eigenvalue weighted by Gasteiger charge is -2.19. The lowest BCUT2D eigenvalue weighted by molar-refractivity contribution is 0.0762. The summed E-state index contributed by atoms with van der Waals surface area (Å²) in [6.45, 7) is 2.73. The van der Waals surface area contributed by atoms with Gasteiger partial charge in [-0.3, -0.25) is 4.79 Å². The van der Waals surface area contributed by atoms with Gasteiger partial charge in [-0.15, -0.1) is 0 Å². The monoisotopic (exact) mass is 270 g/mol. The number of oxime groups is 1. The second-order valence-electron chi connectivity index (χ2n) is 3.59. The average molecular weight is 271 g/mol. The van der Waals surface area contributed by atoms with Crippen LogP contribution in [0.2, 0.25) is 5.02 Å². The third-order valence-electron chi connectivity index (χ3n) is 2.38. The van der Waals surface area contributed by atoms with Gasteiger partial charge in [0.2, 0.25) is 0 Å². The number of amidine groups is 1. The number of rotatable bonds is 5. The quantitative estimate of drug-likeness (QED) is 0.365. The Morgan fingerprint density at radius 3 is 2.83 bits per heavy atom. The molecule has 0 aliphatic heterocycles. The van der Waals surface area contributed by atoms with Crippen LogP contribution in [0.25, 0.3) is 0 Å². The van der Waals surface area contributed by atoms with E-state index in [0.717, 1.165) is 0 Å². The van der Waals surface area contributed by atoms with Crippen molar-refractivity contribution in [2.75, 3.05) is 13.1 Å². The van der Waals surface area contributed by atoms with Crippen molar-refractivity contribution in [3.05, 3.63) is 29.0 Å². The van der Waals surface area contributed by atoms with Crippen molar-refractivity contribution in [1.29, 1.82) is 0 Å². The molecular weight excluding hydrogens is 256 g/mol. The fourth-order valence-corrected chi connectivity index (χ4v) is 1.48. The number of pyridine rings is 1. The number of carbonyl (C=O) groups is 1. The maximum absolute atomic E-state index is 12.1. The highest BCUT2D eigenvalue weighted by Gasteiger charge is 2.15. The predicted molar refractivity (Wildman–Crippen MR) is 68.9 cm³/mol. The van der Waals surface area contributed by atoms with Crippen molar-refractivity contribution in [2.45, 2.75) is 13.3 Å². The van der Waals surface area contributed by atoms with Gasteiger partial charge >= 0.3 is 0 Å². The molecule has 0 unspecified atom stereocenters. The molecule has 1 rings (SSSR count). The van der Waals surface area contributed by atoms with E-state index in [9.17, 15) is 4.79 Å². The maximum Gasteiger partial charge on any atom is 0.272 e. The van der Waals surface area contributed by atoms with Gasteiger partial charge in [-0.25, -0.2) is 4.98 Å². The van der Waals surface area contributed by atoms with Crippen LogP contribution in [0.5, 0.6) is 0 Å². The zero-order valence-electron chi connectivity index (χ0n) is 10.0. The molecule has 0 atom stereocenters. The predicted octanol–water partition coefficient (Wildman–Crippen LogP) is 1.33. The van der Waals surface area contributed by atoms with Crippen molar-refractivity contribution in [3.63, 3.8) is 0 Å². The molecule has 0 aromatic carbocycles. The first-order valence-electron chi connectivity index (χ1n) is 5.45. The highest BCUT2D eigenvalue weighted by molar-refractivity contribution is 6.30. The first-order chi connectivity index (χ1) is 8.58. The van der Waals surface area contributed by atoms with Crippen LogP contribution in [0, 0.1) is 0 Å². The summed E-state index contributed by atoms with van der Waals surface area (Å²) in [4.78, 5) is 17.6. The summed E-state index contributed by atoms with van der Waals surface area (Å²) in [5.41, 5.74) is 5.68. The van der Waals surface area contributed by atoms with Crippen LogP contribution >= 0.6 is 11.6 Å². The Morgan fingerprint density at radius 2 is 2.33 bits per heavy atom. The van der Waals surface area contributed by atoms with E-state index < -0.39 is 0 Å². The van der Waals surface area contributed by atoms with E-state index in [2.05, 4.69) is 10.1 Å². The van der Waals surface area contributed by atoms with E-state index in [1.807, 2.05) is 6.92 Å². The molecule has 0 saturated heterocycles. The number of nitrogens with zero attached hydrogens (tertiary/aromatic N) is 3. The fourth-order valence-electron chi connectivity index (χ4n) is 1.37. The van der Waals surface area contributed by atoms with Crippen LogP contribution in [0.3, 0.4) is 0 Å². The molecule has 3 N–H and O–H groups in total. The molecule has 7 heteroatoms. The lowest BCUT2D eigenvalue weighted by atomic mass is 10.3. The standard InChI is InChI=1S/C11H15ClN4O2/c1-2-16(6-5-10(13)15-18)11(17)9-4-3-8(12)7-14-9/h3-4,7,18H,2,5-6H2,1H3,(H2,13,15). The van der Waals surface area contributed by atoms with Gasteiger partial charge in [0.25, 0.3) is 5.91 Å². The van der Waals surface area contributed by atoms with Gasteiger partial charge in [-0.2, -0.15) is 0 Å². The Bertz CT molecular complexity index is 433. The number of halogens is 1. The number of carbonyl (C=O) groups excluding carboxylic acids is 1. The molecule has 18 heavy (non-hydrogen) atoms. The summed E-state index contributed by atoms with van der Waals surface area (Å²) >= 11 is 5.70. The zero-order valence-corrected chi connectivity index (χ0v) is 10.8. The molecule has 1 heterocycles. The molecule has 98 valence electrons. The minimum atomic E-state index is -0.208. The second-order valence-corrected chi connectivity index (χ2v) is 4.02. The van der Waals surface area contributed by atoms with E-state index in [-0.39, 0.29) is 11.7 Å². The molecule has 0 saturated carbocycles. The molecule has 0 aliphatic rings. The average Bonchev–Trinajstić information content (AvgIpc) is 2.39. The van der Waals surface area contributed by atoms with E-state index in [0.29, 0.717) is 30.2 Å². The highest BCUT2D eigenvalue weighted by atomic mass is 35.5. The summed E-state index contributed by atoms with van der Waals surface area (Å²) in [7, 11) is 0. The van der Waals surface area contributed by atoms with Crippen LogP contribution in [-0.2, 0) is 0 Å². The van der Waals surface area contributed by atoms with E-state index in [1.54, 1.807) is 17.0 Å². The third kappa shape index (κ3) is 3.89. The first-order valence-corrected chi connectivity index (χ1v) is 5.83. The summed E-state index contributed by atoms with van der Waals surface area (Å²) in [6.07, 6.45) is 1.73. The van der Waals surface area contributed by atoms with Crippen LogP contribution in [-0.4, -0.2) is 39.9 Å². The van der Waals surface area contributed by atoms with Gasteiger partial charge < -0.3 is 15.8 Å². The molecule has 0 fully saturated rings. The van der Waals surface area contributed by atoms with Gasteiger partial charge in [0.05, 0.1) is 5.02 Å². The molecule has 1 aromatic heterocycles. The van der Waals surface area contributed by atoms with Gasteiger partial charge in [0.1, 0.15) is 11.5 Å². The van der Waals surface area contributed by atoms with Gasteiger partial charge in [0, 0.05) is 25.7 Å². The van der Waals surface area contributed by atoms with Crippen LogP contribution in [0.1, 0.15) is 23.8 Å². The van der Waals surface area contributed by atoms with E-state index >= 15 is 0 Å². The number of hydrogen-bond acceptors (Lipinski definition) is 4. The molecular formula is C11H15ClN4O2. The molecule has 0 spiro atoms. The van der Waals surface area contributed by atoms with Crippen molar-refractivity contribution in [3.8, 4) is 0 Å². The molecule has 0 aliphatic carbocycles. The normalized spacial score (nSPS) is 11.3. The minimum Gasteiger partial charge on any atom is -0.409 e. The second kappa shape index (κ2) is 6.80. The molecule has 6 nitrogen and oxygen atoms in total. The van der Waals surface area contributed by atoms with E-state index in [4.69, 9.17) is 22.5 Å². The Morgan fingerprint density at radius 1 is 1.61 bits per heavy atom. The van der Waals surface area contributed by atoms with Crippen molar-refractivity contribution >= 4 is 23.3 Å². The van der Waals surface area contributed by atoms with E-state index in [1.165, 1.54) is 6.20 Å². The fraction of sp³-hybridized carbons (Fsp3) is 0.364. The molecule has 1 aromatic rings. The van der Waals surface area contributed by atoms with Crippen molar-refractivity contribution < 1.29 is 10.0 Å². The molecule has 0 radical (unpaired) electrons. The largest absolute Gasteiger partial charge is 0.409 e. The smallest absolute Gasteiger partial charge is 0.272 e. The molecule has 1 amide bonds. The van der Waals surface area contributed by atoms with Crippen molar-refractivity contribution in [2.24, 2.45) is 10.9 Å². The number of nitrogens with two attached hydrogens (primary N) is 1. The van der Waals surface area contributed by atoms with Crippen molar-refractivity contribution in [1.82, 2.24) is 9.88 Å². The summed E-state index contributed by atoms with van der Waals surface area (Å²) in [5, 5.41) is 11.8. The Balaban J connectivity index is 2.70. The maximum atomic E-state index is 12.1. The first kappa shape index (κ1) is 14.2. The summed E-state index contributed by atoms with van der Waals surface area (Å²) in [5.74, 6) is -0.120. The third-order valence-corrected chi connectivity index (χ3v) is 2.61. The summed E-state index contributed by atoms with van der Waals surface area (Å²) in [6, 6.07) is 3.18. The van der Waals surface area contributed by atoms with Crippen LogP contribution in [0.4, 0.5) is 0 Å². The minimum absolute atomic E-state index is 0.0883. The number of hydrogen-bond donors (Lipinski definition) is 2. The zero-order chi connectivity index (χ0) is 13.5. The summed E-state index contributed by atoms with van der Waals surface area (Å²) < 4.78 is 0. The Labute approximate surface area is 110 Å². The van der Waals surface area contributed by atoms with Gasteiger partial charge in [-0.05, 0) is 19.1 Å². The highest BCUT2D eigenvalue weighted by Crippen LogP contribution is 2.08. The van der Waals surface area contributed by atoms with Gasteiger partial charge in [-0.1, -0.05) is 16.8 Å². The Hall–Kier alpha value is -1.82. The van der Waals surface area contributed by atoms with Crippen LogP contribution in [0.15, 0.2) is 23.5 Å². The van der Waals surface area contributed by atoms with Gasteiger partial charge in [0.15, 0.2) is 0 Å². The Kier molecular flexibility index (Phi) is 5.38. The lowest BCUT2D eigenvalue weighted by Crippen LogP contribution is -2.34.